The summed E-state index contributed by atoms with van der Waals surface area (Å²) in [4.78, 5) is 0. The van der Waals surface area contributed by atoms with Gasteiger partial charge >= 0.3 is 0 Å². The summed E-state index contributed by atoms with van der Waals surface area (Å²) in [7, 11) is 0. The van der Waals surface area contributed by atoms with Crippen LogP contribution in [0.15, 0.2) is 24.3 Å². The SMILES string of the molecule is Fc1ccc(NC23CC4CC(CC(C4)C2)C3)cc1. The number of hydrogen-bond donors (Lipinski definition) is 1. The summed E-state index contributed by atoms with van der Waals surface area (Å²) in [5.41, 5.74) is 1.42. The maximum atomic E-state index is 13.0. The maximum Gasteiger partial charge on any atom is 0.123 e. The van der Waals surface area contributed by atoms with Crippen molar-refractivity contribution < 1.29 is 4.39 Å². The van der Waals surface area contributed by atoms with Crippen LogP contribution in [0.5, 0.6) is 0 Å². The number of halogens is 1. The van der Waals surface area contributed by atoms with E-state index in [0.717, 1.165) is 23.4 Å². The van der Waals surface area contributed by atoms with Gasteiger partial charge in [0.25, 0.3) is 0 Å². The van der Waals surface area contributed by atoms with Crippen LogP contribution in [0, 0.1) is 23.6 Å². The van der Waals surface area contributed by atoms with Gasteiger partial charge in [0.15, 0.2) is 0 Å². The zero-order valence-electron chi connectivity index (χ0n) is 10.7. The third-order valence-corrected chi connectivity index (χ3v) is 5.29. The second-order valence-corrected chi connectivity index (χ2v) is 6.83. The maximum absolute atomic E-state index is 13.0. The topological polar surface area (TPSA) is 12.0 Å². The van der Waals surface area contributed by atoms with Gasteiger partial charge in [0.1, 0.15) is 5.82 Å². The molecule has 0 heterocycles. The van der Waals surface area contributed by atoms with Crippen molar-refractivity contribution in [3.63, 3.8) is 0 Å². The molecule has 0 aliphatic heterocycles. The van der Waals surface area contributed by atoms with Crippen LogP contribution in [0.3, 0.4) is 0 Å². The lowest BCUT2D eigenvalue weighted by molar-refractivity contribution is 0.0107. The first-order chi connectivity index (χ1) is 8.71. The highest BCUT2D eigenvalue weighted by molar-refractivity contribution is 5.46. The quantitative estimate of drug-likeness (QED) is 0.823. The van der Waals surface area contributed by atoms with Crippen LogP contribution in [0.1, 0.15) is 38.5 Å². The molecule has 1 aromatic carbocycles. The zero-order valence-corrected chi connectivity index (χ0v) is 10.7. The molecule has 4 aliphatic carbocycles. The van der Waals surface area contributed by atoms with Gasteiger partial charge in [0.2, 0.25) is 0 Å². The van der Waals surface area contributed by atoms with Gasteiger partial charge in [0.05, 0.1) is 0 Å². The average Bonchev–Trinajstić information content (AvgIpc) is 2.30. The molecule has 0 spiro atoms. The molecule has 4 aliphatic rings. The first kappa shape index (κ1) is 10.8. The molecule has 0 atom stereocenters. The largest absolute Gasteiger partial charge is 0.380 e. The summed E-state index contributed by atoms with van der Waals surface area (Å²) in [6, 6.07) is 6.88. The Bertz CT molecular complexity index is 415. The summed E-state index contributed by atoms with van der Waals surface area (Å²) < 4.78 is 13.0. The second kappa shape index (κ2) is 3.72. The van der Waals surface area contributed by atoms with Gasteiger partial charge in [0, 0.05) is 11.2 Å². The van der Waals surface area contributed by atoms with Gasteiger partial charge in [-0.2, -0.15) is 0 Å². The monoisotopic (exact) mass is 245 g/mol. The Kier molecular flexibility index (Phi) is 2.24. The lowest BCUT2D eigenvalue weighted by Gasteiger charge is -2.57. The van der Waals surface area contributed by atoms with Gasteiger partial charge in [-0.15, -0.1) is 0 Å². The third kappa shape index (κ3) is 1.73. The molecule has 4 fully saturated rings. The molecule has 18 heavy (non-hydrogen) atoms. The lowest BCUT2D eigenvalue weighted by Crippen LogP contribution is -2.54. The van der Waals surface area contributed by atoms with Crippen molar-refractivity contribution in [3.8, 4) is 0 Å². The van der Waals surface area contributed by atoms with Crippen LogP contribution >= 0.6 is 0 Å². The Morgan fingerprint density at radius 1 is 0.889 bits per heavy atom. The van der Waals surface area contributed by atoms with E-state index in [-0.39, 0.29) is 5.82 Å². The number of nitrogens with one attached hydrogen (secondary N) is 1. The Labute approximate surface area is 108 Å². The van der Waals surface area contributed by atoms with Crippen LogP contribution in [-0.2, 0) is 0 Å². The lowest BCUT2D eigenvalue weighted by atomic mass is 9.53. The third-order valence-electron chi connectivity index (χ3n) is 5.29. The molecule has 0 aromatic heterocycles. The molecule has 0 amide bonds. The van der Waals surface area contributed by atoms with Crippen molar-refractivity contribution in [1.29, 1.82) is 0 Å². The summed E-state index contributed by atoms with van der Waals surface area (Å²) in [6.07, 6.45) is 8.38. The van der Waals surface area contributed by atoms with Crippen molar-refractivity contribution in [2.75, 3.05) is 5.32 Å². The summed E-state index contributed by atoms with van der Waals surface area (Å²) in [5.74, 6) is 2.70. The Morgan fingerprint density at radius 3 is 1.89 bits per heavy atom. The predicted octanol–water partition coefficient (Wildman–Crippen LogP) is 4.21. The number of anilines is 1. The number of hydrogen-bond acceptors (Lipinski definition) is 1. The highest BCUT2D eigenvalue weighted by Crippen LogP contribution is 2.56. The average molecular weight is 245 g/mol. The first-order valence-electron chi connectivity index (χ1n) is 7.25. The standard InChI is InChI=1S/C16H20FN/c17-14-1-3-15(4-2-14)18-16-8-11-5-12(9-16)7-13(6-11)10-16/h1-4,11-13,18H,5-10H2. The normalized spacial score (nSPS) is 41.1. The molecule has 0 unspecified atom stereocenters. The van der Waals surface area contributed by atoms with Crippen molar-refractivity contribution >= 4 is 5.69 Å². The predicted molar refractivity (Wildman–Crippen MR) is 70.9 cm³/mol. The second-order valence-electron chi connectivity index (χ2n) is 6.83. The molecular weight excluding hydrogens is 225 g/mol. The van der Waals surface area contributed by atoms with Gasteiger partial charge in [-0.25, -0.2) is 4.39 Å². The smallest absolute Gasteiger partial charge is 0.123 e. The Balaban J connectivity index is 1.58. The minimum atomic E-state index is -0.147. The molecule has 4 bridgehead atoms. The molecule has 1 aromatic rings. The van der Waals surface area contributed by atoms with Crippen molar-refractivity contribution in [2.45, 2.75) is 44.1 Å². The van der Waals surface area contributed by atoms with Crippen molar-refractivity contribution in [3.05, 3.63) is 30.1 Å². The fraction of sp³-hybridized carbons (Fsp3) is 0.625. The van der Waals surface area contributed by atoms with E-state index < -0.39 is 0 Å². The molecule has 0 radical (unpaired) electrons. The van der Waals surface area contributed by atoms with Crippen LogP contribution in [0.25, 0.3) is 0 Å². The molecule has 96 valence electrons. The zero-order chi connectivity index (χ0) is 12.2. The van der Waals surface area contributed by atoms with Gasteiger partial charge < -0.3 is 5.32 Å². The van der Waals surface area contributed by atoms with Crippen LogP contribution in [0.4, 0.5) is 10.1 Å². The fourth-order valence-corrected chi connectivity index (χ4v) is 5.10. The van der Waals surface area contributed by atoms with E-state index >= 15 is 0 Å². The molecule has 2 heteroatoms. The molecule has 0 saturated heterocycles. The summed E-state index contributed by atoms with van der Waals surface area (Å²) in [6.45, 7) is 0. The molecule has 5 rings (SSSR count). The van der Waals surface area contributed by atoms with E-state index in [1.807, 2.05) is 12.1 Å². The van der Waals surface area contributed by atoms with E-state index in [9.17, 15) is 4.39 Å². The molecule has 4 saturated carbocycles. The van der Waals surface area contributed by atoms with Gasteiger partial charge in [-0.3, -0.25) is 0 Å². The van der Waals surface area contributed by atoms with Gasteiger partial charge in [-0.05, 0) is 80.5 Å². The van der Waals surface area contributed by atoms with E-state index in [1.165, 1.54) is 38.5 Å². The minimum absolute atomic E-state index is 0.147. The number of rotatable bonds is 2. The highest BCUT2D eigenvalue weighted by Gasteiger charge is 2.50. The molecule has 1 N–H and O–H groups in total. The summed E-state index contributed by atoms with van der Waals surface area (Å²) in [5, 5.41) is 3.75. The van der Waals surface area contributed by atoms with E-state index in [4.69, 9.17) is 0 Å². The Morgan fingerprint density at radius 2 is 1.39 bits per heavy atom. The van der Waals surface area contributed by atoms with E-state index in [1.54, 1.807) is 12.1 Å². The van der Waals surface area contributed by atoms with Crippen molar-refractivity contribution in [2.24, 2.45) is 17.8 Å². The molecular formula is C16H20FN. The fourth-order valence-electron chi connectivity index (χ4n) is 5.10. The van der Waals surface area contributed by atoms with E-state index in [2.05, 4.69) is 5.32 Å². The first-order valence-corrected chi connectivity index (χ1v) is 7.25. The minimum Gasteiger partial charge on any atom is -0.380 e. The number of benzene rings is 1. The van der Waals surface area contributed by atoms with Crippen LogP contribution in [0.2, 0.25) is 0 Å². The van der Waals surface area contributed by atoms with Crippen molar-refractivity contribution in [1.82, 2.24) is 0 Å². The van der Waals surface area contributed by atoms with Crippen LogP contribution in [-0.4, -0.2) is 5.54 Å². The highest BCUT2D eigenvalue weighted by atomic mass is 19.1. The summed E-state index contributed by atoms with van der Waals surface area (Å²) >= 11 is 0. The van der Waals surface area contributed by atoms with Crippen LogP contribution < -0.4 is 5.32 Å². The Hall–Kier alpha value is -1.05. The van der Waals surface area contributed by atoms with Gasteiger partial charge in [-0.1, -0.05) is 0 Å². The molecule has 1 nitrogen and oxygen atoms in total. The van der Waals surface area contributed by atoms with E-state index in [0.29, 0.717) is 5.54 Å².